The van der Waals surface area contributed by atoms with Gasteiger partial charge in [0.1, 0.15) is 0 Å². The number of anilines is 1. The minimum absolute atomic E-state index is 0.167. The third-order valence-electron chi connectivity index (χ3n) is 2.84. The Bertz CT molecular complexity index is 690. The van der Waals surface area contributed by atoms with Crippen molar-refractivity contribution in [3.05, 3.63) is 45.6 Å². The summed E-state index contributed by atoms with van der Waals surface area (Å²) < 4.78 is 22.9. The zero-order chi connectivity index (χ0) is 14.0. The summed E-state index contributed by atoms with van der Waals surface area (Å²) in [6, 6.07) is 9.19. The Morgan fingerprint density at radius 1 is 1.21 bits per heavy atom. The van der Waals surface area contributed by atoms with Crippen LogP contribution >= 0.6 is 11.3 Å². The average molecular weight is 296 g/mol. The first-order valence-corrected chi connectivity index (χ1v) is 8.16. The monoisotopic (exact) mass is 296 g/mol. The van der Waals surface area contributed by atoms with E-state index in [1.165, 1.54) is 15.8 Å². The molecular formula is C13H16N2O2S2. The molecule has 0 saturated heterocycles. The van der Waals surface area contributed by atoms with Crippen LogP contribution in [0.5, 0.6) is 0 Å². The van der Waals surface area contributed by atoms with Gasteiger partial charge in [0.25, 0.3) is 0 Å². The van der Waals surface area contributed by atoms with Crippen LogP contribution in [-0.4, -0.2) is 8.42 Å². The highest BCUT2D eigenvalue weighted by Crippen LogP contribution is 2.23. The number of benzene rings is 1. The fourth-order valence-corrected chi connectivity index (χ4v) is 3.51. The predicted molar refractivity (Wildman–Crippen MR) is 78.9 cm³/mol. The normalized spacial score (nSPS) is 11.5. The maximum atomic E-state index is 11.4. The predicted octanol–water partition coefficient (Wildman–Crippen LogP) is 2.62. The van der Waals surface area contributed by atoms with Crippen molar-refractivity contribution in [3.8, 4) is 0 Å². The Hall–Kier alpha value is -1.37. The second-order valence-corrected chi connectivity index (χ2v) is 7.24. The van der Waals surface area contributed by atoms with Crippen LogP contribution in [-0.2, 0) is 16.6 Å². The number of primary sulfonamides is 1. The van der Waals surface area contributed by atoms with E-state index < -0.39 is 10.0 Å². The van der Waals surface area contributed by atoms with Gasteiger partial charge < -0.3 is 5.32 Å². The zero-order valence-electron chi connectivity index (χ0n) is 10.8. The lowest BCUT2D eigenvalue weighted by atomic mass is 10.2. The van der Waals surface area contributed by atoms with Gasteiger partial charge >= 0.3 is 0 Å². The van der Waals surface area contributed by atoms with E-state index in [0.29, 0.717) is 12.1 Å². The van der Waals surface area contributed by atoms with Gasteiger partial charge in [-0.3, -0.25) is 0 Å². The van der Waals surface area contributed by atoms with Crippen molar-refractivity contribution in [2.45, 2.75) is 25.3 Å². The summed E-state index contributed by atoms with van der Waals surface area (Å²) in [7, 11) is -3.67. The molecule has 0 bridgehead atoms. The molecule has 6 heteroatoms. The highest BCUT2D eigenvalue weighted by atomic mass is 32.2. The zero-order valence-corrected chi connectivity index (χ0v) is 12.4. The summed E-state index contributed by atoms with van der Waals surface area (Å²) >= 11 is 1.72. The van der Waals surface area contributed by atoms with E-state index in [1.54, 1.807) is 24.3 Å². The molecule has 0 fully saturated rings. The van der Waals surface area contributed by atoms with Crippen molar-refractivity contribution in [3.63, 3.8) is 0 Å². The van der Waals surface area contributed by atoms with Gasteiger partial charge in [-0.1, -0.05) is 6.07 Å². The van der Waals surface area contributed by atoms with E-state index >= 15 is 0 Å². The summed E-state index contributed by atoms with van der Waals surface area (Å²) in [4.78, 5) is 2.63. The minimum Gasteiger partial charge on any atom is -0.380 e. The smallest absolute Gasteiger partial charge is 0.238 e. The van der Waals surface area contributed by atoms with E-state index in [0.717, 1.165) is 5.69 Å². The van der Waals surface area contributed by atoms with Gasteiger partial charge in [0, 0.05) is 22.0 Å². The number of nitrogens with one attached hydrogen (secondary N) is 1. The molecule has 0 saturated carbocycles. The van der Waals surface area contributed by atoms with Crippen LogP contribution in [0.2, 0.25) is 0 Å². The molecule has 0 aliphatic carbocycles. The molecule has 1 aromatic heterocycles. The molecule has 0 atom stereocenters. The number of rotatable bonds is 4. The maximum Gasteiger partial charge on any atom is 0.238 e. The molecule has 0 aliphatic rings. The van der Waals surface area contributed by atoms with Crippen molar-refractivity contribution >= 4 is 27.0 Å². The molecule has 0 radical (unpaired) electrons. The Morgan fingerprint density at radius 3 is 2.53 bits per heavy atom. The molecule has 0 spiro atoms. The summed E-state index contributed by atoms with van der Waals surface area (Å²) in [5, 5.41) is 8.43. The molecule has 3 N–H and O–H groups in total. The summed E-state index contributed by atoms with van der Waals surface area (Å²) in [5.41, 5.74) is 1.44. The lowest BCUT2D eigenvalue weighted by Gasteiger charge is -2.11. The van der Waals surface area contributed by atoms with Crippen molar-refractivity contribution in [2.24, 2.45) is 5.14 Å². The van der Waals surface area contributed by atoms with Crippen LogP contribution < -0.4 is 10.5 Å². The van der Waals surface area contributed by atoms with Gasteiger partial charge in [0.05, 0.1) is 4.90 Å². The van der Waals surface area contributed by atoms with E-state index in [-0.39, 0.29) is 4.90 Å². The van der Waals surface area contributed by atoms with Gasteiger partial charge in [0.2, 0.25) is 10.0 Å². The standard InChI is InChI=1S/C13H16N2O2S2/c1-9-6-7-11(18-9)8-15-12-4-3-5-13(10(12)2)19(14,16)17/h3-7,15H,8H2,1-2H3,(H2,14,16,17). The van der Waals surface area contributed by atoms with Crippen LogP contribution in [0.4, 0.5) is 5.69 Å². The number of nitrogens with two attached hydrogens (primary N) is 1. The third-order valence-corrected chi connectivity index (χ3v) is 4.90. The molecule has 19 heavy (non-hydrogen) atoms. The molecule has 2 aromatic rings. The largest absolute Gasteiger partial charge is 0.380 e. The van der Waals surface area contributed by atoms with Crippen LogP contribution in [0.15, 0.2) is 35.2 Å². The Morgan fingerprint density at radius 2 is 1.95 bits per heavy atom. The fourth-order valence-electron chi connectivity index (χ4n) is 1.88. The van der Waals surface area contributed by atoms with Gasteiger partial charge in [0.15, 0.2) is 0 Å². The molecule has 0 aliphatic heterocycles. The maximum absolute atomic E-state index is 11.4. The second kappa shape index (κ2) is 5.32. The molecule has 2 rings (SSSR count). The topological polar surface area (TPSA) is 72.2 Å². The highest BCUT2D eigenvalue weighted by molar-refractivity contribution is 7.89. The number of hydrogen-bond acceptors (Lipinski definition) is 4. The summed E-state index contributed by atoms with van der Waals surface area (Å²) in [5.74, 6) is 0. The Balaban J connectivity index is 2.22. The highest BCUT2D eigenvalue weighted by Gasteiger charge is 2.13. The van der Waals surface area contributed by atoms with Gasteiger partial charge in [-0.25, -0.2) is 13.6 Å². The first-order chi connectivity index (χ1) is 8.88. The fraction of sp³-hybridized carbons (Fsp3) is 0.231. The van der Waals surface area contributed by atoms with Crippen LogP contribution in [0, 0.1) is 13.8 Å². The first-order valence-electron chi connectivity index (χ1n) is 5.79. The third kappa shape index (κ3) is 3.34. The van der Waals surface area contributed by atoms with E-state index in [1.807, 2.05) is 6.07 Å². The quantitative estimate of drug-likeness (QED) is 0.911. The molecule has 1 aromatic carbocycles. The lowest BCUT2D eigenvalue weighted by Crippen LogP contribution is -2.14. The van der Waals surface area contributed by atoms with Crippen LogP contribution in [0.3, 0.4) is 0 Å². The van der Waals surface area contributed by atoms with E-state index in [4.69, 9.17) is 5.14 Å². The van der Waals surface area contributed by atoms with Crippen LogP contribution in [0.25, 0.3) is 0 Å². The summed E-state index contributed by atoms with van der Waals surface area (Å²) in [6.07, 6.45) is 0. The Kier molecular flexibility index (Phi) is 3.93. The summed E-state index contributed by atoms with van der Waals surface area (Å²) in [6.45, 7) is 4.48. The molecule has 102 valence electrons. The van der Waals surface area contributed by atoms with Crippen molar-refractivity contribution in [2.75, 3.05) is 5.32 Å². The first kappa shape index (κ1) is 14.0. The van der Waals surface area contributed by atoms with Crippen molar-refractivity contribution in [1.82, 2.24) is 0 Å². The van der Waals surface area contributed by atoms with Crippen LogP contribution in [0.1, 0.15) is 15.3 Å². The number of thiophene rings is 1. The lowest BCUT2D eigenvalue weighted by molar-refractivity contribution is 0.597. The van der Waals surface area contributed by atoms with E-state index in [2.05, 4.69) is 24.4 Å². The minimum atomic E-state index is -3.67. The number of aryl methyl sites for hydroxylation is 1. The molecule has 1 heterocycles. The second-order valence-electron chi connectivity index (χ2n) is 4.34. The van der Waals surface area contributed by atoms with Gasteiger partial charge in [-0.05, 0) is 43.7 Å². The Labute approximate surface area is 117 Å². The van der Waals surface area contributed by atoms with Gasteiger partial charge in [-0.2, -0.15) is 0 Å². The van der Waals surface area contributed by atoms with Crippen molar-refractivity contribution < 1.29 is 8.42 Å². The molecule has 0 unspecified atom stereocenters. The molecular weight excluding hydrogens is 280 g/mol. The average Bonchev–Trinajstić information content (AvgIpc) is 2.72. The van der Waals surface area contributed by atoms with E-state index in [9.17, 15) is 8.42 Å². The molecule has 4 nitrogen and oxygen atoms in total. The van der Waals surface area contributed by atoms with Gasteiger partial charge in [-0.15, -0.1) is 11.3 Å². The molecule has 0 amide bonds. The van der Waals surface area contributed by atoms with Crippen molar-refractivity contribution in [1.29, 1.82) is 0 Å². The number of hydrogen-bond donors (Lipinski definition) is 2. The SMILES string of the molecule is Cc1ccc(CNc2cccc(S(N)(=O)=O)c2C)s1. The number of sulfonamides is 1.